The highest BCUT2D eigenvalue weighted by atomic mass is 19.1. The first kappa shape index (κ1) is 25.2. The highest BCUT2D eigenvalue weighted by molar-refractivity contribution is 6.11. The summed E-state index contributed by atoms with van der Waals surface area (Å²) in [5.41, 5.74) is 2.41. The molecule has 2 aromatic heterocycles. The molecule has 0 aliphatic heterocycles. The number of pyridine rings is 1. The maximum Gasteiger partial charge on any atom is 0.255 e. The average molecular weight is 530 g/mol. The van der Waals surface area contributed by atoms with Crippen LogP contribution in [-0.2, 0) is 0 Å². The highest BCUT2D eigenvalue weighted by Gasteiger charge is 2.57. The van der Waals surface area contributed by atoms with Crippen molar-refractivity contribution in [1.29, 1.82) is 0 Å². The summed E-state index contributed by atoms with van der Waals surface area (Å²) in [6, 6.07) is 11.2. The first-order valence-electron chi connectivity index (χ1n) is 13.2. The molecule has 4 aromatic rings. The molecular formula is C31H29F2N3O3. The summed E-state index contributed by atoms with van der Waals surface area (Å²) < 4.78 is 36.3. The van der Waals surface area contributed by atoms with Crippen molar-refractivity contribution in [2.24, 2.45) is 11.3 Å². The third-order valence-corrected chi connectivity index (χ3v) is 8.14. The van der Waals surface area contributed by atoms with Gasteiger partial charge in [0.2, 0.25) is 5.71 Å². The van der Waals surface area contributed by atoms with Gasteiger partial charge in [-0.1, -0.05) is 29.8 Å². The van der Waals surface area contributed by atoms with Gasteiger partial charge in [-0.3, -0.25) is 9.59 Å². The van der Waals surface area contributed by atoms with Gasteiger partial charge in [-0.15, -0.1) is 0 Å². The topological polar surface area (TPSA) is 84.2 Å². The highest BCUT2D eigenvalue weighted by Crippen LogP contribution is 2.66. The van der Waals surface area contributed by atoms with Gasteiger partial charge in [0.1, 0.15) is 23.2 Å². The summed E-state index contributed by atoms with van der Waals surface area (Å²) in [4.78, 5) is 30.8. The number of carbonyl (C=O) groups is 2. The first-order valence-corrected chi connectivity index (χ1v) is 13.2. The van der Waals surface area contributed by atoms with Gasteiger partial charge in [-0.25, -0.2) is 8.78 Å². The maximum atomic E-state index is 15.3. The molecule has 3 saturated carbocycles. The number of halogens is 2. The number of ketones is 1. The van der Waals surface area contributed by atoms with Gasteiger partial charge in [-0.05, 0) is 56.6 Å². The van der Waals surface area contributed by atoms with Crippen LogP contribution in [0.2, 0.25) is 0 Å². The molecule has 3 fully saturated rings. The normalized spacial score (nSPS) is 19.4. The lowest BCUT2D eigenvalue weighted by Gasteiger charge is -2.62. The van der Waals surface area contributed by atoms with E-state index in [-0.39, 0.29) is 45.9 Å². The average Bonchev–Trinajstić information content (AvgIpc) is 3.23. The van der Waals surface area contributed by atoms with Crippen LogP contribution in [0.4, 0.5) is 14.6 Å². The van der Waals surface area contributed by atoms with Crippen molar-refractivity contribution in [1.82, 2.24) is 10.3 Å². The second kappa shape index (κ2) is 9.29. The van der Waals surface area contributed by atoms with Gasteiger partial charge in [0.25, 0.3) is 5.91 Å². The van der Waals surface area contributed by atoms with E-state index in [0.717, 1.165) is 30.9 Å². The molecule has 2 N–H and O–H groups in total. The van der Waals surface area contributed by atoms with E-state index in [4.69, 9.17) is 4.42 Å². The lowest BCUT2D eigenvalue weighted by Crippen LogP contribution is -2.52. The van der Waals surface area contributed by atoms with Gasteiger partial charge in [0, 0.05) is 42.8 Å². The van der Waals surface area contributed by atoms with Crippen molar-refractivity contribution >= 4 is 28.6 Å². The van der Waals surface area contributed by atoms with Crippen LogP contribution in [-0.4, -0.2) is 30.3 Å². The van der Waals surface area contributed by atoms with Gasteiger partial charge in [0.15, 0.2) is 5.78 Å². The van der Waals surface area contributed by atoms with E-state index in [1.54, 1.807) is 6.07 Å². The Kier molecular flexibility index (Phi) is 6.01. The number of hydrogen-bond acceptors (Lipinski definition) is 5. The quantitative estimate of drug-likeness (QED) is 0.242. The smallest absolute Gasteiger partial charge is 0.255 e. The largest absolute Gasteiger partial charge is 0.437 e. The molecule has 0 unspecified atom stereocenters. The molecule has 8 heteroatoms. The number of hydrogen-bond donors (Lipinski definition) is 2. The predicted molar refractivity (Wildman–Crippen MR) is 146 cm³/mol. The van der Waals surface area contributed by atoms with E-state index < -0.39 is 11.6 Å². The van der Waals surface area contributed by atoms with Crippen LogP contribution in [0.1, 0.15) is 58.9 Å². The van der Waals surface area contributed by atoms with Crippen LogP contribution in [0, 0.1) is 29.9 Å². The molecule has 0 saturated heterocycles. The Bertz CT molecular complexity index is 1620. The Morgan fingerprint density at radius 3 is 2.38 bits per heavy atom. The fourth-order valence-electron chi connectivity index (χ4n) is 6.07. The fourth-order valence-corrected chi connectivity index (χ4v) is 6.07. The number of nitrogens with one attached hydrogen (secondary N) is 2. The van der Waals surface area contributed by atoms with Crippen molar-refractivity contribution in [2.45, 2.75) is 39.5 Å². The number of fused-ring (bicyclic) bond motifs is 1. The Morgan fingerprint density at radius 1 is 1.05 bits per heavy atom. The van der Waals surface area contributed by atoms with E-state index in [0.29, 0.717) is 40.6 Å². The molecule has 0 atom stereocenters. The van der Waals surface area contributed by atoms with Crippen LogP contribution in [0.5, 0.6) is 0 Å². The molecule has 1 amide bonds. The Morgan fingerprint density at radius 2 is 1.77 bits per heavy atom. The monoisotopic (exact) mass is 529 g/mol. The summed E-state index contributed by atoms with van der Waals surface area (Å²) in [5.74, 6) is -1.06. The summed E-state index contributed by atoms with van der Waals surface area (Å²) in [6.07, 6.45) is 3.29. The fraction of sp³-hybridized carbons (Fsp3) is 0.323. The van der Waals surface area contributed by atoms with Crippen LogP contribution in [0.3, 0.4) is 0 Å². The predicted octanol–water partition coefficient (Wildman–Crippen LogP) is 6.91. The molecular weight excluding hydrogens is 500 g/mol. The Hall–Kier alpha value is -4.07. The second-order valence-electron chi connectivity index (χ2n) is 10.9. The molecule has 7 rings (SSSR count). The Balaban J connectivity index is 1.52. The summed E-state index contributed by atoms with van der Waals surface area (Å²) in [7, 11) is 1.52. The number of benzene rings is 2. The standard InChI is InChI=1S/C31H29F2N3O3/c1-4-35-28-20(19-9-21(24(33)11-23(19)32)25(37)15-31-12-17(13-31)14-31)10-22-26(29(38)34-3)27(39-30(22)36-28)18-7-5-16(2)6-8-18/h5-11,17H,4,12-15H2,1-3H3,(H,34,38)(H,35,36). The zero-order valence-electron chi connectivity index (χ0n) is 22.1. The van der Waals surface area contributed by atoms with Crippen LogP contribution < -0.4 is 10.6 Å². The number of aromatic nitrogens is 1. The molecule has 3 aliphatic rings. The summed E-state index contributed by atoms with van der Waals surface area (Å²) >= 11 is 0. The van der Waals surface area contributed by atoms with E-state index >= 15 is 4.39 Å². The van der Waals surface area contributed by atoms with Crippen LogP contribution >= 0.6 is 0 Å². The Labute approximate surface area is 224 Å². The minimum absolute atomic E-state index is 0.0102. The van der Waals surface area contributed by atoms with Crippen LogP contribution in [0.25, 0.3) is 33.6 Å². The number of aryl methyl sites for hydroxylation is 1. The summed E-state index contributed by atoms with van der Waals surface area (Å²) in [5, 5.41) is 6.15. The lowest BCUT2D eigenvalue weighted by atomic mass is 9.43. The SMILES string of the molecule is CCNc1nc2oc(-c3ccc(C)cc3)c(C(=O)NC)c2cc1-c1cc(C(=O)CC23CC(C2)C3)c(F)cc1F. The third-order valence-electron chi connectivity index (χ3n) is 8.14. The second-order valence-corrected chi connectivity index (χ2v) is 10.9. The van der Waals surface area contributed by atoms with Gasteiger partial charge in [-0.2, -0.15) is 4.98 Å². The zero-order valence-corrected chi connectivity index (χ0v) is 22.1. The van der Waals surface area contributed by atoms with E-state index in [1.165, 1.54) is 13.1 Å². The van der Waals surface area contributed by atoms with Gasteiger partial charge in [0.05, 0.1) is 16.5 Å². The lowest BCUT2D eigenvalue weighted by molar-refractivity contribution is -0.103. The molecule has 0 radical (unpaired) electrons. The van der Waals surface area contributed by atoms with Crippen LogP contribution in [0.15, 0.2) is 46.9 Å². The zero-order chi connectivity index (χ0) is 27.5. The van der Waals surface area contributed by atoms with Crippen molar-refractivity contribution in [3.63, 3.8) is 0 Å². The van der Waals surface area contributed by atoms with E-state index in [1.807, 2.05) is 38.1 Å². The molecule has 0 spiro atoms. The maximum absolute atomic E-state index is 15.3. The van der Waals surface area contributed by atoms with Crippen molar-refractivity contribution < 1.29 is 22.8 Å². The number of furan rings is 1. The molecule has 2 bridgehead atoms. The number of amides is 1. The number of Topliss-reactive ketones (excluding diaryl/α,β-unsaturated/α-hetero) is 1. The van der Waals surface area contributed by atoms with Crippen molar-refractivity contribution in [3.05, 3.63) is 70.8 Å². The third kappa shape index (κ3) is 4.18. The number of carbonyl (C=O) groups excluding carboxylic acids is 2. The molecule has 200 valence electrons. The molecule has 39 heavy (non-hydrogen) atoms. The molecule has 6 nitrogen and oxygen atoms in total. The number of nitrogens with zero attached hydrogens (tertiary/aromatic N) is 1. The molecule has 2 aromatic carbocycles. The number of anilines is 1. The molecule has 2 heterocycles. The summed E-state index contributed by atoms with van der Waals surface area (Å²) in [6.45, 7) is 4.30. The van der Waals surface area contributed by atoms with Gasteiger partial charge >= 0.3 is 0 Å². The van der Waals surface area contributed by atoms with Crippen molar-refractivity contribution in [2.75, 3.05) is 18.9 Å². The minimum atomic E-state index is -0.872. The minimum Gasteiger partial charge on any atom is -0.437 e. The number of rotatable bonds is 8. The first-order chi connectivity index (χ1) is 18.7. The molecule has 3 aliphatic carbocycles. The van der Waals surface area contributed by atoms with Crippen molar-refractivity contribution in [3.8, 4) is 22.5 Å². The van der Waals surface area contributed by atoms with E-state index in [2.05, 4.69) is 15.6 Å². The van der Waals surface area contributed by atoms with E-state index in [9.17, 15) is 14.0 Å². The van der Waals surface area contributed by atoms with Gasteiger partial charge < -0.3 is 15.1 Å².